The minimum absolute atomic E-state index is 0.116. The summed E-state index contributed by atoms with van der Waals surface area (Å²) >= 11 is -5.26. The van der Waals surface area contributed by atoms with Gasteiger partial charge in [-0.05, 0) is 6.42 Å². The average molecular weight is 316 g/mol. The van der Waals surface area contributed by atoms with Crippen molar-refractivity contribution in [2.75, 3.05) is 12.4 Å². The van der Waals surface area contributed by atoms with E-state index in [1.165, 1.54) is 38.5 Å². The molecule has 0 unspecified atom stereocenters. The van der Waals surface area contributed by atoms with Crippen molar-refractivity contribution in [2.45, 2.75) is 71.1 Å². The van der Waals surface area contributed by atoms with Gasteiger partial charge in [0.15, 0.2) is 5.75 Å². The van der Waals surface area contributed by atoms with E-state index in [4.69, 9.17) is 0 Å². The highest BCUT2D eigenvalue weighted by Gasteiger charge is 2.26. The van der Waals surface area contributed by atoms with Crippen LogP contribution in [0.15, 0.2) is 0 Å². The number of unbranched alkanes of at least 4 members (excludes halogenated alkanes) is 9. The minimum Gasteiger partial charge on any atom is -0.465 e. The fraction of sp³-hybridized carbons (Fsp3) is 0.929. The van der Waals surface area contributed by atoms with Crippen molar-refractivity contribution in [1.29, 1.82) is 0 Å². The second-order valence-electron chi connectivity index (χ2n) is 5.05. The molecule has 0 fully saturated rings. The summed E-state index contributed by atoms with van der Waals surface area (Å²) in [5.74, 6) is -2.53. The Balaban J connectivity index is 3.19. The molecule has 0 aromatic carbocycles. The fourth-order valence-corrected chi connectivity index (χ4v) is 2.30. The third-order valence-electron chi connectivity index (χ3n) is 3.04. The maximum absolute atomic E-state index is 11.9. The van der Waals surface area contributed by atoms with Gasteiger partial charge in [-0.1, -0.05) is 64.7 Å². The van der Waals surface area contributed by atoms with Gasteiger partial charge in [-0.3, -0.25) is 4.79 Å². The van der Waals surface area contributed by atoms with Gasteiger partial charge >= 0.3 is 5.97 Å². The lowest BCUT2D eigenvalue weighted by molar-refractivity contribution is -0.140. The summed E-state index contributed by atoms with van der Waals surface area (Å²) in [4.78, 5) is 10.8. The number of hydrogen-bond donors (Lipinski definition) is 0. The Hall–Kier alpha value is -0.390. The van der Waals surface area contributed by atoms with Crippen LogP contribution in [0.3, 0.4) is 0 Å². The first-order chi connectivity index (χ1) is 9.45. The van der Waals surface area contributed by atoms with Crippen molar-refractivity contribution in [2.24, 2.45) is 0 Å². The molecule has 0 saturated heterocycles. The maximum Gasteiger partial charge on any atom is 0.321 e. The van der Waals surface area contributed by atoms with E-state index in [0.29, 0.717) is 6.42 Å². The Morgan fingerprint density at radius 2 is 1.30 bits per heavy atom. The van der Waals surface area contributed by atoms with E-state index < -0.39 is 22.9 Å². The Labute approximate surface area is 122 Å². The predicted molar refractivity (Wildman–Crippen MR) is 78.6 cm³/mol. The Morgan fingerprint density at radius 1 is 0.850 bits per heavy atom. The molecular formula is C14H27F3O2S. The minimum atomic E-state index is -5.26. The van der Waals surface area contributed by atoms with Gasteiger partial charge in [0, 0.05) is 0 Å². The molecule has 0 radical (unpaired) electrons. The van der Waals surface area contributed by atoms with Crippen molar-refractivity contribution >= 4 is 17.2 Å². The standard InChI is InChI=1S/C14H27F3O2S/c1-2-3-4-5-6-7-8-9-10-11-12-19-14(18)13-20(15,16)17/h2-13H2,1H3. The summed E-state index contributed by atoms with van der Waals surface area (Å²) < 4.78 is 40.3. The fourth-order valence-electron chi connectivity index (χ4n) is 1.95. The van der Waals surface area contributed by atoms with E-state index in [-0.39, 0.29) is 6.61 Å². The molecule has 0 bridgehead atoms. The molecule has 0 spiro atoms. The lowest BCUT2D eigenvalue weighted by Gasteiger charge is -2.09. The average Bonchev–Trinajstić information content (AvgIpc) is 2.34. The molecule has 2 nitrogen and oxygen atoms in total. The second kappa shape index (κ2) is 12.4. The highest BCUT2D eigenvalue weighted by Crippen LogP contribution is 2.52. The first kappa shape index (κ1) is 19.6. The Bertz CT molecular complexity index is 245. The Kier molecular flexibility index (Phi) is 12.1. The van der Waals surface area contributed by atoms with Crippen molar-refractivity contribution < 1.29 is 21.2 Å². The van der Waals surface area contributed by atoms with Crippen LogP contribution < -0.4 is 0 Å². The van der Waals surface area contributed by atoms with Crippen molar-refractivity contribution in [1.82, 2.24) is 0 Å². The molecular weight excluding hydrogens is 289 g/mol. The quantitative estimate of drug-likeness (QED) is 0.312. The Morgan fingerprint density at radius 3 is 1.75 bits per heavy atom. The molecule has 0 aliphatic carbocycles. The summed E-state index contributed by atoms with van der Waals surface area (Å²) in [6.07, 6.45) is 11.5. The molecule has 0 atom stereocenters. The van der Waals surface area contributed by atoms with E-state index in [1.807, 2.05) is 0 Å². The third kappa shape index (κ3) is 15.7. The number of esters is 1. The zero-order valence-electron chi connectivity index (χ0n) is 12.3. The van der Waals surface area contributed by atoms with Crippen molar-refractivity contribution in [3.8, 4) is 0 Å². The summed E-state index contributed by atoms with van der Waals surface area (Å²) in [6, 6.07) is 0. The second-order valence-corrected chi connectivity index (χ2v) is 6.34. The normalized spacial score (nSPS) is 12.4. The summed E-state index contributed by atoms with van der Waals surface area (Å²) in [7, 11) is 0. The summed E-state index contributed by atoms with van der Waals surface area (Å²) in [5.41, 5.74) is 0. The van der Waals surface area contributed by atoms with Crippen LogP contribution in [-0.4, -0.2) is 18.3 Å². The van der Waals surface area contributed by atoms with E-state index in [2.05, 4.69) is 11.7 Å². The molecule has 0 saturated carbocycles. The van der Waals surface area contributed by atoms with Crippen LogP contribution in [0.25, 0.3) is 0 Å². The molecule has 0 amide bonds. The van der Waals surface area contributed by atoms with E-state index in [9.17, 15) is 16.5 Å². The molecule has 6 heteroatoms. The van der Waals surface area contributed by atoms with E-state index in [1.54, 1.807) is 0 Å². The van der Waals surface area contributed by atoms with Crippen LogP contribution in [0.5, 0.6) is 0 Å². The maximum atomic E-state index is 11.9. The van der Waals surface area contributed by atoms with Gasteiger partial charge in [0.2, 0.25) is 11.2 Å². The van der Waals surface area contributed by atoms with Gasteiger partial charge in [0.25, 0.3) is 0 Å². The van der Waals surface area contributed by atoms with Crippen molar-refractivity contribution in [3.63, 3.8) is 0 Å². The monoisotopic (exact) mass is 316 g/mol. The van der Waals surface area contributed by atoms with Gasteiger partial charge in [-0.25, -0.2) is 0 Å². The lowest BCUT2D eigenvalue weighted by atomic mass is 10.1. The number of rotatable bonds is 13. The van der Waals surface area contributed by atoms with E-state index in [0.717, 1.165) is 19.3 Å². The van der Waals surface area contributed by atoms with Crippen LogP contribution in [0, 0.1) is 0 Å². The van der Waals surface area contributed by atoms with Gasteiger partial charge < -0.3 is 4.74 Å². The molecule has 0 rings (SSSR count). The number of carbonyl (C=O) groups is 1. The van der Waals surface area contributed by atoms with Gasteiger partial charge in [0.05, 0.1) is 6.61 Å². The zero-order valence-corrected chi connectivity index (χ0v) is 13.2. The number of carbonyl (C=O) groups excluding carboxylic acids is 1. The van der Waals surface area contributed by atoms with E-state index >= 15 is 0 Å². The first-order valence-electron chi connectivity index (χ1n) is 7.51. The molecule has 0 heterocycles. The van der Waals surface area contributed by atoms with Crippen LogP contribution >= 0.6 is 11.2 Å². The third-order valence-corrected chi connectivity index (χ3v) is 3.61. The number of halogens is 3. The van der Waals surface area contributed by atoms with Gasteiger partial charge in [0.1, 0.15) is 0 Å². The molecule has 122 valence electrons. The highest BCUT2D eigenvalue weighted by atomic mass is 32.3. The molecule has 0 N–H and O–H groups in total. The van der Waals surface area contributed by atoms with Gasteiger partial charge in [-0.2, -0.15) is 0 Å². The topological polar surface area (TPSA) is 26.3 Å². The first-order valence-corrected chi connectivity index (χ1v) is 9.01. The summed E-state index contributed by atoms with van der Waals surface area (Å²) in [5, 5.41) is 0. The molecule has 0 aromatic rings. The summed E-state index contributed by atoms with van der Waals surface area (Å²) in [6.45, 7) is 2.31. The zero-order chi connectivity index (χ0) is 15.3. The lowest BCUT2D eigenvalue weighted by Crippen LogP contribution is -2.11. The smallest absolute Gasteiger partial charge is 0.321 e. The van der Waals surface area contributed by atoms with Crippen LogP contribution in [0.4, 0.5) is 11.7 Å². The highest BCUT2D eigenvalue weighted by molar-refractivity contribution is 8.21. The van der Waals surface area contributed by atoms with Crippen LogP contribution in [0.1, 0.15) is 71.1 Å². The molecule has 20 heavy (non-hydrogen) atoms. The molecule has 0 aromatic heterocycles. The predicted octanol–water partition coefficient (Wildman–Crippen LogP) is 5.91. The SMILES string of the molecule is CCCCCCCCCCCCOC(=O)CS(F)(F)F. The molecule has 0 aliphatic heterocycles. The van der Waals surface area contributed by atoms with Crippen molar-refractivity contribution in [3.05, 3.63) is 0 Å². The van der Waals surface area contributed by atoms with Crippen LogP contribution in [0.2, 0.25) is 0 Å². The number of hydrogen-bond acceptors (Lipinski definition) is 2. The largest absolute Gasteiger partial charge is 0.465 e. The van der Waals surface area contributed by atoms with Gasteiger partial charge in [-0.15, -0.1) is 11.7 Å². The number of ether oxygens (including phenoxy) is 1. The van der Waals surface area contributed by atoms with Crippen LogP contribution in [-0.2, 0) is 9.53 Å². The molecule has 0 aliphatic rings.